The molecular formula is C71H76N4O. The Morgan fingerprint density at radius 1 is 0.434 bits per heavy atom. The molecule has 0 saturated carbocycles. The molecule has 0 fully saturated rings. The van der Waals surface area contributed by atoms with Crippen LogP contribution in [0.4, 0.5) is 0 Å². The molecule has 5 heteroatoms. The van der Waals surface area contributed by atoms with Gasteiger partial charge < -0.3 is 4.74 Å². The first-order valence-corrected chi connectivity index (χ1v) is 27.1. The van der Waals surface area contributed by atoms with E-state index in [9.17, 15) is 0 Å². The van der Waals surface area contributed by atoms with E-state index in [1.807, 2.05) is 6.20 Å². The summed E-state index contributed by atoms with van der Waals surface area (Å²) in [6.07, 6.45) is 8.21. The molecule has 0 radical (unpaired) electrons. The molecule has 7 aromatic carbocycles. The summed E-state index contributed by atoms with van der Waals surface area (Å²) in [6, 6.07) is 64.2. The first kappa shape index (κ1) is 52.0. The van der Waals surface area contributed by atoms with E-state index in [4.69, 9.17) is 9.72 Å². The second kappa shape index (κ2) is 19.0. The zero-order chi connectivity index (χ0) is 54.2. The van der Waals surface area contributed by atoms with Crippen molar-refractivity contribution < 1.29 is 9.30 Å². The Balaban J connectivity index is 1.18. The normalized spacial score (nSPS) is 12.9. The molecule has 3 aromatic heterocycles. The minimum atomic E-state index is -0.428. The molecule has 3 heterocycles. The number of benzene rings is 7. The predicted molar refractivity (Wildman–Crippen MR) is 317 cm³/mol. The molecule has 10 rings (SSSR count). The minimum Gasteiger partial charge on any atom is -0.458 e. The maximum Gasteiger partial charge on any atom is 0.269 e. The number of para-hydroxylation sites is 1. The molecule has 0 aliphatic carbocycles. The third kappa shape index (κ3) is 9.70. The standard InChI is InChI=1S/C71H76N4O/c1-66(2,3)51-35-36-72-64(42-51)75-61-34-26-25-33-59(61)65-60(68(7,8)9)44-58(45-62(65)75)76-57-41-52(67(4,5)6)38-55(43-57)73-46-63(71(14,15)50-31-23-18-24-32-50)74(47-73)56-39-53(69(10,11)48-27-19-16-20-28-48)37-54(40-56)70(12,13)49-29-21-17-22-30-49/h16-46H,1-15H3. The molecule has 0 amide bonds. The topological polar surface area (TPSA) is 35.9 Å². The highest BCUT2D eigenvalue weighted by molar-refractivity contribution is 6.11. The summed E-state index contributed by atoms with van der Waals surface area (Å²) in [5, 5.41) is 2.42. The van der Waals surface area contributed by atoms with Crippen LogP contribution < -0.4 is 9.30 Å². The van der Waals surface area contributed by atoms with Crippen LogP contribution in [0.15, 0.2) is 188 Å². The van der Waals surface area contributed by atoms with Gasteiger partial charge in [-0.1, -0.05) is 219 Å². The lowest BCUT2D eigenvalue weighted by Gasteiger charge is -2.33. The molecule has 0 atom stereocenters. The van der Waals surface area contributed by atoms with Gasteiger partial charge in [0.25, 0.3) is 6.33 Å². The van der Waals surface area contributed by atoms with Crippen molar-refractivity contribution in [3.05, 3.63) is 245 Å². The molecule has 0 spiro atoms. The molecule has 0 bridgehead atoms. The molecule has 10 aromatic rings. The summed E-state index contributed by atoms with van der Waals surface area (Å²) >= 11 is 0. The Bertz CT molecular complexity index is 3670. The van der Waals surface area contributed by atoms with Crippen LogP contribution in [-0.4, -0.2) is 14.1 Å². The Morgan fingerprint density at radius 2 is 0.961 bits per heavy atom. The fourth-order valence-electron chi connectivity index (χ4n) is 11.0. The van der Waals surface area contributed by atoms with Crippen molar-refractivity contribution in [1.29, 1.82) is 0 Å². The van der Waals surface area contributed by atoms with Crippen molar-refractivity contribution in [3.8, 4) is 28.7 Å². The van der Waals surface area contributed by atoms with Crippen molar-refractivity contribution in [2.24, 2.45) is 0 Å². The molecule has 0 aliphatic rings. The van der Waals surface area contributed by atoms with Crippen LogP contribution in [0.25, 0.3) is 39.0 Å². The van der Waals surface area contributed by atoms with E-state index < -0.39 is 5.41 Å². The molecule has 0 N–H and O–H groups in total. The molecule has 386 valence electrons. The van der Waals surface area contributed by atoms with Crippen LogP contribution in [0, 0.1) is 6.33 Å². The van der Waals surface area contributed by atoms with Crippen molar-refractivity contribution in [3.63, 3.8) is 0 Å². The maximum atomic E-state index is 7.27. The monoisotopic (exact) mass is 1000 g/mol. The van der Waals surface area contributed by atoms with Crippen molar-refractivity contribution in [2.75, 3.05) is 0 Å². The summed E-state index contributed by atoms with van der Waals surface area (Å²) in [4.78, 5) is 5.03. The first-order chi connectivity index (χ1) is 35.8. The highest BCUT2D eigenvalue weighted by Gasteiger charge is 2.33. The smallest absolute Gasteiger partial charge is 0.269 e. The maximum absolute atomic E-state index is 7.27. The molecule has 0 unspecified atom stereocenters. The SMILES string of the molecule is CC(C)(C)c1cc(Oc2cc(C(C)(C)C)c3c4ccccc4n(-c4cc(C(C)(C)C)ccn4)c3c2)cc(-n2[c-][n+](-c3cc(C(C)(C)c4ccccc4)cc(C(C)(C)c4ccccc4)c3)c(C(C)(C)c3ccccc3)c2)c1. The first-order valence-electron chi connectivity index (χ1n) is 27.1. The quantitative estimate of drug-likeness (QED) is 0.0956. The number of fused-ring (bicyclic) bond motifs is 3. The third-order valence-electron chi connectivity index (χ3n) is 16.1. The summed E-state index contributed by atoms with van der Waals surface area (Å²) in [6.45, 7) is 34.5. The van der Waals surface area contributed by atoms with Crippen LogP contribution in [-0.2, 0) is 32.5 Å². The third-order valence-corrected chi connectivity index (χ3v) is 16.1. The number of nitrogens with zero attached hydrogens (tertiary/aromatic N) is 4. The Kier molecular flexibility index (Phi) is 13.0. The van der Waals surface area contributed by atoms with Crippen LogP contribution in [0.2, 0.25) is 0 Å². The molecule has 0 aliphatic heterocycles. The number of aromatic nitrogens is 4. The summed E-state index contributed by atoms with van der Waals surface area (Å²) in [5.74, 6) is 2.42. The molecular weight excluding hydrogens is 925 g/mol. The van der Waals surface area contributed by atoms with E-state index in [2.05, 4.69) is 306 Å². The number of rotatable bonds is 11. The second-order valence-corrected chi connectivity index (χ2v) is 25.7. The molecule has 5 nitrogen and oxygen atoms in total. The number of pyridine rings is 1. The number of ether oxygens (including phenoxy) is 1. The Morgan fingerprint density at radius 3 is 1.51 bits per heavy atom. The van der Waals surface area contributed by atoms with Crippen LogP contribution in [0.5, 0.6) is 11.5 Å². The average molecular weight is 1000 g/mol. The van der Waals surface area contributed by atoms with Gasteiger partial charge in [-0.25, -0.2) is 4.98 Å². The van der Waals surface area contributed by atoms with Gasteiger partial charge in [-0.05, 0) is 115 Å². The van der Waals surface area contributed by atoms with Crippen molar-refractivity contribution >= 4 is 21.8 Å². The van der Waals surface area contributed by atoms with E-state index in [1.165, 1.54) is 49.7 Å². The van der Waals surface area contributed by atoms with Gasteiger partial charge in [0.05, 0.1) is 28.1 Å². The lowest BCUT2D eigenvalue weighted by molar-refractivity contribution is -0.611. The van der Waals surface area contributed by atoms with E-state index in [-0.39, 0.29) is 27.1 Å². The molecule has 76 heavy (non-hydrogen) atoms. The highest BCUT2D eigenvalue weighted by Crippen LogP contribution is 2.44. The lowest BCUT2D eigenvalue weighted by atomic mass is 9.73. The van der Waals surface area contributed by atoms with Gasteiger partial charge >= 0.3 is 0 Å². The number of imidazole rings is 1. The van der Waals surface area contributed by atoms with Crippen molar-refractivity contribution in [1.82, 2.24) is 14.1 Å². The summed E-state index contributed by atoms with van der Waals surface area (Å²) < 4.78 is 14.1. The van der Waals surface area contributed by atoms with Gasteiger partial charge in [-0.2, -0.15) is 0 Å². The average Bonchev–Trinajstić information content (AvgIpc) is 4.12. The fraction of sp³-hybridized carbons (Fsp3) is 0.296. The Labute approximate surface area is 452 Å². The van der Waals surface area contributed by atoms with Gasteiger partial charge in [0.2, 0.25) is 0 Å². The van der Waals surface area contributed by atoms with E-state index in [0.29, 0.717) is 0 Å². The fourth-order valence-corrected chi connectivity index (χ4v) is 11.0. The van der Waals surface area contributed by atoms with E-state index in [0.717, 1.165) is 51.0 Å². The Hall–Kier alpha value is -7.50. The van der Waals surface area contributed by atoms with Gasteiger partial charge in [0.15, 0.2) is 0 Å². The van der Waals surface area contributed by atoms with Crippen LogP contribution >= 0.6 is 0 Å². The predicted octanol–water partition coefficient (Wildman–Crippen LogP) is 17.7. The van der Waals surface area contributed by atoms with Gasteiger partial charge in [0, 0.05) is 45.5 Å². The zero-order valence-electron chi connectivity index (χ0n) is 47.6. The summed E-state index contributed by atoms with van der Waals surface area (Å²) in [5.41, 5.74) is 13.7. The van der Waals surface area contributed by atoms with Gasteiger partial charge in [-0.3, -0.25) is 13.7 Å². The van der Waals surface area contributed by atoms with Gasteiger partial charge in [0.1, 0.15) is 17.3 Å². The van der Waals surface area contributed by atoms with E-state index >= 15 is 0 Å². The van der Waals surface area contributed by atoms with Gasteiger partial charge in [-0.15, -0.1) is 0 Å². The lowest BCUT2D eigenvalue weighted by Crippen LogP contribution is -2.41. The van der Waals surface area contributed by atoms with Crippen molar-refractivity contribution in [2.45, 2.75) is 136 Å². The summed E-state index contributed by atoms with van der Waals surface area (Å²) in [7, 11) is 0. The largest absolute Gasteiger partial charge is 0.458 e. The van der Waals surface area contributed by atoms with Crippen LogP contribution in [0.1, 0.15) is 154 Å². The van der Waals surface area contributed by atoms with Crippen LogP contribution in [0.3, 0.4) is 0 Å². The molecule has 0 saturated heterocycles. The second-order valence-electron chi connectivity index (χ2n) is 25.7. The number of hydrogen-bond acceptors (Lipinski definition) is 2. The highest BCUT2D eigenvalue weighted by atomic mass is 16.5. The van der Waals surface area contributed by atoms with E-state index in [1.54, 1.807) is 0 Å². The minimum absolute atomic E-state index is 0.0445. The zero-order valence-corrected chi connectivity index (χ0v) is 47.6. The number of hydrogen-bond donors (Lipinski definition) is 0.